The van der Waals surface area contributed by atoms with Crippen molar-refractivity contribution in [3.8, 4) is 34.7 Å². The summed E-state index contributed by atoms with van der Waals surface area (Å²) >= 11 is 0. The van der Waals surface area contributed by atoms with Crippen LogP contribution in [-0.2, 0) is 0 Å². The van der Waals surface area contributed by atoms with Crippen LogP contribution < -0.4 is 29.1 Å². The van der Waals surface area contributed by atoms with Gasteiger partial charge in [0.1, 0.15) is 22.5 Å². The largest absolute Gasteiger partial charge is 0.491 e. The molecule has 3 unspecified atom stereocenters. The van der Waals surface area contributed by atoms with Crippen LogP contribution in [0, 0.1) is 0 Å². The molecule has 0 fully saturated rings. The number of rotatable bonds is 12. The Morgan fingerprint density at radius 2 is 1.34 bits per heavy atom. The van der Waals surface area contributed by atoms with Crippen LogP contribution in [0.25, 0.3) is 11.0 Å². The summed E-state index contributed by atoms with van der Waals surface area (Å²) in [6, 6.07) is 10.1. The molecule has 0 spiro atoms. The molecular weight excluding hydrogens is 448 g/mol. The first-order chi connectivity index (χ1) is 16.8. The van der Waals surface area contributed by atoms with Crippen LogP contribution in [0.4, 0.5) is 0 Å². The Kier molecular flexibility index (Phi) is 8.90. The minimum absolute atomic E-state index is 0.0623. The van der Waals surface area contributed by atoms with Crippen molar-refractivity contribution in [3.63, 3.8) is 0 Å². The van der Waals surface area contributed by atoms with Gasteiger partial charge in [0.2, 0.25) is 11.2 Å². The van der Waals surface area contributed by atoms with E-state index in [9.17, 15) is 4.79 Å². The van der Waals surface area contributed by atoms with Crippen molar-refractivity contribution < 1.29 is 28.1 Å². The molecule has 190 valence electrons. The highest BCUT2D eigenvalue weighted by Crippen LogP contribution is 2.44. The van der Waals surface area contributed by atoms with Crippen LogP contribution in [0.5, 0.6) is 34.7 Å². The van der Waals surface area contributed by atoms with Gasteiger partial charge in [-0.05, 0) is 64.3 Å². The summed E-state index contributed by atoms with van der Waals surface area (Å²) in [7, 11) is 1.53. The molecule has 1 aromatic heterocycles. The average Bonchev–Trinajstić information content (AvgIpc) is 2.84. The van der Waals surface area contributed by atoms with E-state index in [4.69, 9.17) is 28.1 Å². The lowest BCUT2D eigenvalue weighted by Crippen LogP contribution is -2.15. The fourth-order valence-electron chi connectivity index (χ4n) is 3.27. The van der Waals surface area contributed by atoms with E-state index < -0.39 is 0 Å². The van der Waals surface area contributed by atoms with Gasteiger partial charge in [0.05, 0.1) is 31.5 Å². The van der Waals surface area contributed by atoms with Crippen molar-refractivity contribution in [2.45, 2.75) is 79.1 Å². The van der Waals surface area contributed by atoms with Gasteiger partial charge in [-0.15, -0.1) is 0 Å². The van der Waals surface area contributed by atoms with Crippen LogP contribution in [0.2, 0.25) is 0 Å². The summed E-state index contributed by atoms with van der Waals surface area (Å²) < 4.78 is 35.5. The van der Waals surface area contributed by atoms with Gasteiger partial charge in [-0.1, -0.05) is 20.8 Å². The van der Waals surface area contributed by atoms with Crippen molar-refractivity contribution in [1.29, 1.82) is 0 Å². The van der Waals surface area contributed by atoms with Crippen molar-refractivity contribution in [2.24, 2.45) is 0 Å². The van der Waals surface area contributed by atoms with Crippen molar-refractivity contribution in [3.05, 3.63) is 46.6 Å². The zero-order valence-corrected chi connectivity index (χ0v) is 21.7. The lowest BCUT2D eigenvalue weighted by molar-refractivity contribution is 0.190. The van der Waals surface area contributed by atoms with E-state index in [-0.39, 0.29) is 35.1 Å². The minimum Gasteiger partial charge on any atom is -0.491 e. The number of fused-ring (bicyclic) bond motifs is 1. The predicted octanol–water partition coefficient (Wildman–Crippen LogP) is 7.13. The van der Waals surface area contributed by atoms with Crippen LogP contribution in [-0.4, -0.2) is 25.4 Å². The third kappa shape index (κ3) is 6.41. The SMILES string of the molecule is CCC(C)Oc1ccc(Oc2cc(=O)c3c(OC(C)CC)c(OC)c(OC(C)CC)cc3o2)cc1. The summed E-state index contributed by atoms with van der Waals surface area (Å²) in [4.78, 5) is 13.2. The van der Waals surface area contributed by atoms with Crippen LogP contribution in [0.1, 0.15) is 60.8 Å². The molecule has 0 bridgehead atoms. The Morgan fingerprint density at radius 1 is 0.771 bits per heavy atom. The van der Waals surface area contributed by atoms with Gasteiger partial charge in [-0.2, -0.15) is 0 Å². The second kappa shape index (κ2) is 11.9. The number of methoxy groups -OCH3 is 1. The molecule has 0 aliphatic heterocycles. The maximum Gasteiger partial charge on any atom is 0.294 e. The van der Waals surface area contributed by atoms with E-state index >= 15 is 0 Å². The minimum atomic E-state index is -0.301. The molecule has 7 heteroatoms. The third-order valence-electron chi connectivity index (χ3n) is 5.83. The van der Waals surface area contributed by atoms with Gasteiger partial charge in [-0.25, -0.2) is 0 Å². The Balaban J connectivity index is 2.04. The number of hydrogen-bond acceptors (Lipinski definition) is 7. The Labute approximate surface area is 206 Å². The van der Waals surface area contributed by atoms with Gasteiger partial charge in [0.15, 0.2) is 11.5 Å². The van der Waals surface area contributed by atoms with Gasteiger partial charge in [0, 0.05) is 6.07 Å². The molecule has 7 nitrogen and oxygen atoms in total. The Hall–Kier alpha value is -3.35. The quantitative estimate of drug-likeness (QED) is 0.271. The highest BCUT2D eigenvalue weighted by Gasteiger charge is 2.24. The van der Waals surface area contributed by atoms with E-state index in [1.54, 1.807) is 18.2 Å². The summed E-state index contributed by atoms with van der Waals surface area (Å²) in [5.74, 6) is 2.45. The molecule has 0 amide bonds. The molecule has 35 heavy (non-hydrogen) atoms. The van der Waals surface area contributed by atoms with Gasteiger partial charge in [-0.3, -0.25) is 4.79 Å². The maximum absolute atomic E-state index is 13.2. The predicted molar refractivity (Wildman–Crippen MR) is 137 cm³/mol. The lowest BCUT2D eigenvalue weighted by Gasteiger charge is -2.21. The van der Waals surface area contributed by atoms with Crippen LogP contribution in [0.15, 0.2) is 45.6 Å². The Morgan fingerprint density at radius 3 is 1.94 bits per heavy atom. The van der Waals surface area contributed by atoms with Crippen molar-refractivity contribution in [1.82, 2.24) is 0 Å². The number of hydrogen-bond donors (Lipinski definition) is 0. The molecule has 1 heterocycles. The molecule has 3 atom stereocenters. The lowest BCUT2D eigenvalue weighted by atomic mass is 10.1. The Bertz CT molecular complexity index is 1170. The fraction of sp³-hybridized carbons (Fsp3) is 0.464. The maximum atomic E-state index is 13.2. The molecule has 2 aromatic carbocycles. The highest BCUT2D eigenvalue weighted by atomic mass is 16.6. The van der Waals surface area contributed by atoms with Crippen LogP contribution in [0.3, 0.4) is 0 Å². The molecule has 3 aromatic rings. The van der Waals surface area contributed by atoms with Crippen molar-refractivity contribution in [2.75, 3.05) is 7.11 Å². The van der Waals surface area contributed by atoms with E-state index in [1.807, 2.05) is 46.8 Å². The highest BCUT2D eigenvalue weighted by molar-refractivity contribution is 5.89. The summed E-state index contributed by atoms with van der Waals surface area (Å²) in [5.41, 5.74) is -0.00806. The smallest absolute Gasteiger partial charge is 0.294 e. The topological polar surface area (TPSA) is 76.4 Å². The molecule has 0 saturated carbocycles. The third-order valence-corrected chi connectivity index (χ3v) is 5.83. The molecule has 0 radical (unpaired) electrons. The first-order valence-corrected chi connectivity index (χ1v) is 12.3. The van der Waals surface area contributed by atoms with E-state index in [1.165, 1.54) is 13.2 Å². The standard InChI is InChI=1S/C28H36O7/c1-8-17(4)31-20-11-13-21(14-12-20)34-25-15-22(29)26-23(35-25)16-24(32-18(5)9-2)27(30-7)28(26)33-19(6)10-3/h11-19H,8-10H2,1-7H3. The number of benzene rings is 2. The zero-order valence-electron chi connectivity index (χ0n) is 21.7. The summed E-state index contributed by atoms with van der Waals surface area (Å²) in [5, 5.41) is 0.281. The van der Waals surface area contributed by atoms with Crippen molar-refractivity contribution >= 4 is 11.0 Å². The van der Waals surface area contributed by atoms with Gasteiger partial charge in [0.25, 0.3) is 5.95 Å². The van der Waals surface area contributed by atoms with Crippen LogP contribution >= 0.6 is 0 Å². The molecule has 0 aliphatic rings. The summed E-state index contributed by atoms with van der Waals surface area (Å²) in [6.45, 7) is 12.0. The average molecular weight is 485 g/mol. The van der Waals surface area contributed by atoms with Gasteiger partial charge < -0.3 is 28.1 Å². The second-order valence-electron chi connectivity index (χ2n) is 8.62. The summed E-state index contributed by atoms with van der Waals surface area (Å²) in [6.07, 6.45) is 2.38. The normalized spacial score (nSPS) is 13.7. The van der Waals surface area contributed by atoms with Gasteiger partial charge >= 0.3 is 0 Å². The first-order valence-electron chi connectivity index (χ1n) is 12.3. The fourth-order valence-corrected chi connectivity index (χ4v) is 3.27. The number of ether oxygens (including phenoxy) is 5. The molecule has 0 N–H and O–H groups in total. The zero-order chi connectivity index (χ0) is 25.5. The van der Waals surface area contributed by atoms with E-state index in [2.05, 4.69) is 6.92 Å². The molecule has 0 saturated heterocycles. The second-order valence-corrected chi connectivity index (χ2v) is 8.62. The molecular formula is C28H36O7. The van der Waals surface area contributed by atoms with E-state index in [0.29, 0.717) is 28.6 Å². The monoisotopic (exact) mass is 484 g/mol. The molecule has 0 aliphatic carbocycles. The first kappa shape index (κ1) is 26.3. The molecule has 3 rings (SSSR count). The van der Waals surface area contributed by atoms with E-state index in [0.717, 1.165) is 25.0 Å².